The number of hydrogen-bond acceptors (Lipinski definition) is 6. The SMILES string of the molecule is CC\C=C/C=C\C=C/C=C\C=C/CCCC(=O)OCC(COC(=O)CCCCCC/C=C\CCCC)OC(=O)CC/C=C\C/C=C\CCCCCCCC. The van der Waals surface area contributed by atoms with E-state index in [1.54, 1.807) is 0 Å². The average Bonchev–Trinajstić information content (AvgIpc) is 3.17. The highest BCUT2D eigenvalue weighted by molar-refractivity contribution is 5.71. The predicted octanol–water partition coefficient (Wildman–Crippen LogP) is 13.5. The van der Waals surface area contributed by atoms with Gasteiger partial charge in [0.05, 0.1) is 0 Å². The second kappa shape index (κ2) is 42.1. The lowest BCUT2D eigenvalue weighted by Gasteiger charge is -2.18. The Kier molecular flexibility index (Phi) is 39.2. The molecule has 1 unspecified atom stereocenters. The molecule has 0 bridgehead atoms. The van der Waals surface area contributed by atoms with Crippen molar-refractivity contribution in [2.45, 2.75) is 175 Å². The fourth-order valence-electron chi connectivity index (χ4n) is 5.21. The molecule has 0 saturated carbocycles. The average molecular weight is 749 g/mol. The Balaban J connectivity index is 4.62. The van der Waals surface area contributed by atoms with Crippen LogP contribution in [-0.4, -0.2) is 37.2 Å². The van der Waals surface area contributed by atoms with Crippen molar-refractivity contribution in [1.82, 2.24) is 0 Å². The van der Waals surface area contributed by atoms with Gasteiger partial charge in [-0.05, 0) is 70.6 Å². The highest BCUT2D eigenvalue weighted by Crippen LogP contribution is 2.10. The number of allylic oxidation sites excluding steroid dienone is 16. The summed E-state index contributed by atoms with van der Waals surface area (Å²) in [6.07, 6.45) is 54.1. The third kappa shape index (κ3) is 39.5. The van der Waals surface area contributed by atoms with Crippen LogP contribution in [0.4, 0.5) is 0 Å². The summed E-state index contributed by atoms with van der Waals surface area (Å²) in [6.45, 7) is 6.27. The van der Waals surface area contributed by atoms with Crippen molar-refractivity contribution in [3.8, 4) is 0 Å². The van der Waals surface area contributed by atoms with Gasteiger partial charge in [0.1, 0.15) is 13.2 Å². The molecule has 6 heteroatoms. The summed E-state index contributed by atoms with van der Waals surface area (Å²) in [7, 11) is 0. The Bertz CT molecular complexity index is 1140. The van der Waals surface area contributed by atoms with E-state index in [1.165, 1.54) is 51.4 Å². The maximum Gasteiger partial charge on any atom is 0.306 e. The molecule has 0 aromatic heterocycles. The van der Waals surface area contributed by atoms with E-state index in [4.69, 9.17) is 14.2 Å². The van der Waals surface area contributed by atoms with E-state index < -0.39 is 12.1 Å². The van der Waals surface area contributed by atoms with Crippen molar-refractivity contribution >= 4 is 17.9 Å². The first-order valence-electron chi connectivity index (χ1n) is 21.3. The topological polar surface area (TPSA) is 78.9 Å². The van der Waals surface area contributed by atoms with Crippen molar-refractivity contribution in [3.05, 3.63) is 97.2 Å². The van der Waals surface area contributed by atoms with Gasteiger partial charge in [-0.1, -0.05) is 176 Å². The number of unbranched alkanes of at least 4 members (excludes halogenated alkanes) is 13. The maximum absolute atomic E-state index is 12.6. The minimum atomic E-state index is -0.839. The molecule has 0 amide bonds. The number of hydrogen-bond donors (Lipinski definition) is 0. The van der Waals surface area contributed by atoms with Crippen molar-refractivity contribution < 1.29 is 28.6 Å². The van der Waals surface area contributed by atoms with E-state index in [-0.39, 0.29) is 38.0 Å². The summed E-state index contributed by atoms with van der Waals surface area (Å²) in [4.78, 5) is 37.5. The predicted molar refractivity (Wildman–Crippen MR) is 228 cm³/mol. The van der Waals surface area contributed by atoms with Gasteiger partial charge in [0.2, 0.25) is 0 Å². The Morgan fingerprint density at radius 2 is 0.870 bits per heavy atom. The fraction of sp³-hybridized carbons (Fsp3) is 0.604. The molecule has 0 spiro atoms. The van der Waals surface area contributed by atoms with Gasteiger partial charge in [0.25, 0.3) is 0 Å². The minimum Gasteiger partial charge on any atom is -0.462 e. The number of carbonyl (C=O) groups excluding carboxylic acids is 3. The number of ether oxygens (including phenoxy) is 3. The van der Waals surface area contributed by atoms with Crippen molar-refractivity contribution in [2.75, 3.05) is 13.2 Å². The largest absolute Gasteiger partial charge is 0.462 e. The summed E-state index contributed by atoms with van der Waals surface area (Å²) in [5.41, 5.74) is 0. The zero-order valence-electron chi connectivity index (χ0n) is 34.4. The summed E-state index contributed by atoms with van der Waals surface area (Å²) in [5, 5.41) is 0. The van der Waals surface area contributed by atoms with E-state index >= 15 is 0 Å². The minimum absolute atomic E-state index is 0.131. The monoisotopic (exact) mass is 749 g/mol. The molecule has 54 heavy (non-hydrogen) atoms. The smallest absolute Gasteiger partial charge is 0.306 e. The lowest BCUT2D eigenvalue weighted by Crippen LogP contribution is -2.30. The van der Waals surface area contributed by atoms with Crippen LogP contribution in [0.25, 0.3) is 0 Å². The van der Waals surface area contributed by atoms with Gasteiger partial charge in [-0.2, -0.15) is 0 Å². The van der Waals surface area contributed by atoms with Gasteiger partial charge in [-0.25, -0.2) is 0 Å². The zero-order chi connectivity index (χ0) is 39.4. The fourth-order valence-corrected chi connectivity index (χ4v) is 5.21. The normalized spacial score (nSPS) is 13.0. The molecule has 0 saturated heterocycles. The van der Waals surface area contributed by atoms with E-state index in [1.807, 2.05) is 60.8 Å². The third-order valence-electron chi connectivity index (χ3n) is 8.43. The molecular weight excluding hydrogens is 673 g/mol. The maximum atomic E-state index is 12.6. The van der Waals surface area contributed by atoms with Crippen LogP contribution in [0.15, 0.2) is 97.2 Å². The first-order chi connectivity index (χ1) is 26.5. The molecule has 0 fully saturated rings. The van der Waals surface area contributed by atoms with Crippen LogP contribution in [0.5, 0.6) is 0 Å². The van der Waals surface area contributed by atoms with Crippen LogP contribution in [0, 0.1) is 0 Å². The van der Waals surface area contributed by atoms with Crippen LogP contribution >= 0.6 is 0 Å². The van der Waals surface area contributed by atoms with Crippen molar-refractivity contribution in [1.29, 1.82) is 0 Å². The quantitative estimate of drug-likeness (QED) is 0.0209. The molecule has 0 aliphatic carbocycles. The van der Waals surface area contributed by atoms with Gasteiger partial charge >= 0.3 is 17.9 Å². The highest BCUT2D eigenvalue weighted by atomic mass is 16.6. The second-order valence-corrected chi connectivity index (χ2v) is 13.6. The molecule has 1 atom stereocenters. The molecule has 304 valence electrons. The van der Waals surface area contributed by atoms with Gasteiger partial charge in [0.15, 0.2) is 6.10 Å². The molecular formula is C48H76O6. The Hall–Kier alpha value is -3.67. The first-order valence-corrected chi connectivity index (χ1v) is 21.3. The molecule has 0 heterocycles. The summed E-state index contributed by atoms with van der Waals surface area (Å²) >= 11 is 0. The van der Waals surface area contributed by atoms with Crippen molar-refractivity contribution in [3.63, 3.8) is 0 Å². The molecule has 0 radical (unpaired) electrons. The number of rotatable bonds is 36. The Morgan fingerprint density at radius 3 is 1.48 bits per heavy atom. The molecule has 0 aromatic rings. The zero-order valence-corrected chi connectivity index (χ0v) is 34.4. The van der Waals surface area contributed by atoms with E-state index in [0.717, 1.165) is 64.2 Å². The summed E-state index contributed by atoms with van der Waals surface area (Å²) in [5.74, 6) is -1.10. The molecule has 0 N–H and O–H groups in total. The second-order valence-electron chi connectivity index (χ2n) is 13.6. The molecule has 0 aromatic carbocycles. The Morgan fingerprint density at radius 1 is 0.407 bits per heavy atom. The van der Waals surface area contributed by atoms with Crippen LogP contribution in [0.1, 0.15) is 168 Å². The van der Waals surface area contributed by atoms with Gasteiger partial charge in [0, 0.05) is 19.3 Å². The third-order valence-corrected chi connectivity index (χ3v) is 8.43. The number of esters is 3. The summed E-state index contributed by atoms with van der Waals surface area (Å²) in [6, 6.07) is 0. The van der Waals surface area contributed by atoms with Gasteiger partial charge in [-0.15, -0.1) is 0 Å². The Labute approximate surface area is 330 Å². The molecule has 0 aliphatic heterocycles. The van der Waals surface area contributed by atoms with Gasteiger partial charge < -0.3 is 14.2 Å². The van der Waals surface area contributed by atoms with Crippen LogP contribution in [0.2, 0.25) is 0 Å². The van der Waals surface area contributed by atoms with E-state index in [9.17, 15) is 14.4 Å². The van der Waals surface area contributed by atoms with Gasteiger partial charge in [-0.3, -0.25) is 14.4 Å². The molecule has 0 rings (SSSR count). The molecule has 0 aliphatic rings. The lowest BCUT2D eigenvalue weighted by atomic mass is 10.1. The molecule has 6 nitrogen and oxygen atoms in total. The van der Waals surface area contributed by atoms with Crippen LogP contribution in [-0.2, 0) is 28.6 Å². The first kappa shape index (κ1) is 50.3. The lowest BCUT2D eigenvalue weighted by molar-refractivity contribution is -0.166. The standard InChI is InChI=1S/C48H76O6/c1-4-7-10-13-16-19-22-24-26-29-32-35-38-41-47(50)53-44-45(43-52-46(49)40-37-34-31-28-21-18-15-12-9-6-3)54-48(51)42-39-36-33-30-27-25-23-20-17-14-11-8-5-2/h7,10,13,15-16,18-19,22,24-27,29,32-33,36,45H,4-6,8-9,11-12,14,17,20-21,23,28,30-31,34-35,37-44H2,1-3H3/b10-7-,16-13-,18-15-,22-19-,26-24-,27-25-,32-29-,36-33-. The highest BCUT2D eigenvalue weighted by Gasteiger charge is 2.19. The van der Waals surface area contributed by atoms with Crippen LogP contribution in [0.3, 0.4) is 0 Å². The van der Waals surface area contributed by atoms with Crippen molar-refractivity contribution in [2.24, 2.45) is 0 Å². The summed E-state index contributed by atoms with van der Waals surface area (Å²) < 4.78 is 16.5. The van der Waals surface area contributed by atoms with Crippen LogP contribution < -0.4 is 0 Å². The number of carbonyl (C=O) groups is 3. The van der Waals surface area contributed by atoms with E-state index in [2.05, 4.69) is 57.2 Å². The van der Waals surface area contributed by atoms with E-state index in [0.29, 0.717) is 19.3 Å².